The normalized spacial score (nSPS) is 29.0. The largest absolute Gasteiger partial charge is 0.288 e. The van der Waals surface area contributed by atoms with Gasteiger partial charge in [-0.2, -0.15) is 0 Å². The Bertz CT molecular complexity index is 476. The SMILES string of the molecule is CN1CCCC12SC(=O)c1cc(Br)ccc12. The second-order valence-corrected chi connectivity index (χ2v) is 6.55. The van der Waals surface area contributed by atoms with Crippen LogP contribution in [0, 0.1) is 0 Å². The lowest BCUT2D eigenvalue weighted by atomic mass is 9.99. The Morgan fingerprint density at radius 2 is 2.31 bits per heavy atom. The second-order valence-electron chi connectivity index (χ2n) is 4.39. The molecule has 84 valence electrons. The highest BCUT2D eigenvalue weighted by molar-refractivity contribution is 9.10. The lowest BCUT2D eigenvalue weighted by Gasteiger charge is -2.31. The molecule has 1 atom stereocenters. The summed E-state index contributed by atoms with van der Waals surface area (Å²) in [5.41, 5.74) is 2.08. The third-order valence-corrected chi connectivity index (χ3v) is 5.48. The molecule has 3 rings (SSSR count). The predicted molar refractivity (Wildman–Crippen MR) is 69.6 cm³/mol. The van der Waals surface area contributed by atoms with Gasteiger partial charge in [0.05, 0.1) is 0 Å². The molecule has 1 spiro atoms. The van der Waals surface area contributed by atoms with Gasteiger partial charge in [-0.25, -0.2) is 0 Å². The number of rotatable bonds is 0. The van der Waals surface area contributed by atoms with Crippen LogP contribution >= 0.6 is 27.7 Å². The van der Waals surface area contributed by atoms with E-state index in [0.29, 0.717) is 0 Å². The van der Waals surface area contributed by atoms with Crippen molar-refractivity contribution in [3.8, 4) is 0 Å². The van der Waals surface area contributed by atoms with Crippen LogP contribution in [-0.2, 0) is 4.87 Å². The van der Waals surface area contributed by atoms with Gasteiger partial charge in [-0.05, 0) is 44.1 Å². The average Bonchev–Trinajstić information content (AvgIpc) is 2.73. The van der Waals surface area contributed by atoms with Crippen molar-refractivity contribution < 1.29 is 4.79 Å². The lowest BCUT2D eigenvalue weighted by molar-refractivity contribution is 0.109. The molecule has 1 unspecified atom stereocenters. The van der Waals surface area contributed by atoms with Gasteiger partial charge in [-0.15, -0.1) is 0 Å². The van der Waals surface area contributed by atoms with E-state index in [1.165, 1.54) is 23.7 Å². The van der Waals surface area contributed by atoms with E-state index in [9.17, 15) is 4.79 Å². The van der Waals surface area contributed by atoms with Gasteiger partial charge in [0.1, 0.15) is 4.87 Å². The average molecular weight is 298 g/mol. The number of hydrogen-bond donors (Lipinski definition) is 0. The van der Waals surface area contributed by atoms with E-state index in [4.69, 9.17) is 0 Å². The van der Waals surface area contributed by atoms with Crippen LogP contribution in [0.2, 0.25) is 0 Å². The first-order chi connectivity index (χ1) is 7.63. The maximum atomic E-state index is 12.0. The summed E-state index contributed by atoms with van der Waals surface area (Å²) in [6.07, 6.45) is 2.25. The highest BCUT2D eigenvalue weighted by Gasteiger charge is 2.49. The van der Waals surface area contributed by atoms with E-state index < -0.39 is 0 Å². The van der Waals surface area contributed by atoms with Gasteiger partial charge in [0.25, 0.3) is 0 Å². The van der Waals surface area contributed by atoms with Gasteiger partial charge < -0.3 is 0 Å². The van der Waals surface area contributed by atoms with E-state index in [-0.39, 0.29) is 9.99 Å². The van der Waals surface area contributed by atoms with Crippen molar-refractivity contribution in [2.24, 2.45) is 0 Å². The van der Waals surface area contributed by atoms with Crippen molar-refractivity contribution in [1.82, 2.24) is 4.90 Å². The molecule has 4 heteroatoms. The van der Waals surface area contributed by atoms with Crippen LogP contribution < -0.4 is 0 Å². The van der Waals surface area contributed by atoms with Crippen LogP contribution in [0.1, 0.15) is 28.8 Å². The molecule has 2 aliphatic rings. The zero-order valence-corrected chi connectivity index (χ0v) is 11.4. The van der Waals surface area contributed by atoms with Crippen molar-refractivity contribution in [3.63, 3.8) is 0 Å². The fraction of sp³-hybridized carbons (Fsp3) is 0.417. The Morgan fingerprint density at radius 3 is 3.00 bits per heavy atom. The fourth-order valence-electron chi connectivity index (χ4n) is 2.69. The van der Waals surface area contributed by atoms with Gasteiger partial charge in [-0.1, -0.05) is 33.8 Å². The first-order valence-electron chi connectivity index (χ1n) is 5.38. The molecule has 2 heterocycles. The summed E-state index contributed by atoms with van der Waals surface area (Å²) >= 11 is 4.92. The van der Waals surface area contributed by atoms with Crippen LogP contribution in [0.4, 0.5) is 0 Å². The minimum atomic E-state index is -0.0763. The summed E-state index contributed by atoms with van der Waals surface area (Å²) in [5, 5.41) is 0.213. The fourth-order valence-corrected chi connectivity index (χ4v) is 4.41. The zero-order valence-electron chi connectivity index (χ0n) is 9.00. The Hall–Kier alpha value is -0.320. The van der Waals surface area contributed by atoms with Crippen molar-refractivity contribution >= 4 is 32.8 Å². The number of nitrogens with zero attached hydrogens (tertiary/aromatic N) is 1. The molecule has 0 aromatic heterocycles. The van der Waals surface area contributed by atoms with E-state index >= 15 is 0 Å². The van der Waals surface area contributed by atoms with Crippen LogP contribution in [0.25, 0.3) is 0 Å². The topological polar surface area (TPSA) is 20.3 Å². The molecule has 1 aromatic carbocycles. The Kier molecular flexibility index (Phi) is 2.42. The molecule has 0 saturated carbocycles. The van der Waals surface area contributed by atoms with Crippen molar-refractivity contribution in [2.45, 2.75) is 17.7 Å². The molecule has 0 amide bonds. The summed E-state index contributed by atoms with van der Waals surface area (Å²) in [6, 6.07) is 6.08. The van der Waals surface area contributed by atoms with Crippen molar-refractivity contribution in [3.05, 3.63) is 33.8 Å². The van der Waals surface area contributed by atoms with Crippen LogP contribution in [-0.4, -0.2) is 23.6 Å². The molecule has 1 fully saturated rings. The highest BCUT2D eigenvalue weighted by atomic mass is 79.9. The molecule has 16 heavy (non-hydrogen) atoms. The minimum absolute atomic E-state index is 0.0763. The summed E-state index contributed by atoms with van der Waals surface area (Å²) in [7, 11) is 2.12. The predicted octanol–water partition coefficient (Wildman–Crippen LogP) is 3.21. The van der Waals surface area contributed by atoms with Crippen LogP contribution in [0.3, 0.4) is 0 Å². The van der Waals surface area contributed by atoms with E-state index in [2.05, 4.69) is 33.9 Å². The summed E-state index contributed by atoms with van der Waals surface area (Å²) in [6.45, 7) is 1.08. The van der Waals surface area contributed by atoms with E-state index in [1.54, 1.807) is 0 Å². The molecule has 2 aliphatic heterocycles. The molecule has 0 N–H and O–H groups in total. The standard InChI is InChI=1S/C12H12BrNOS/c1-14-6-2-5-12(14)10-4-3-8(13)7-9(10)11(15)16-12/h3-4,7H,2,5-6H2,1H3. The number of carbonyl (C=O) groups is 1. The molecule has 1 saturated heterocycles. The Balaban J connectivity index is 2.19. The number of benzene rings is 1. The number of fused-ring (bicyclic) bond motifs is 2. The maximum absolute atomic E-state index is 12.0. The summed E-state index contributed by atoms with van der Waals surface area (Å²) in [4.78, 5) is 14.3. The molecule has 1 aromatic rings. The van der Waals surface area contributed by atoms with Crippen LogP contribution in [0.15, 0.2) is 22.7 Å². The second kappa shape index (κ2) is 3.59. The first-order valence-corrected chi connectivity index (χ1v) is 6.99. The zero-order chi connectivity index (χ0) is 11.3. The molecule has 0 bridgehead atoms. The van der Waals surface area contributed by atoms with Crippen molar-refractivity contribution in [2.75, 3.05) is 13.6 Å². The Labute approximate surface area is 108 Å². The van der Waals surface area contributed by atoms with Gasteiger partial charge >= 0.3 is 0 Å². The molecular weight excluding hydrogens is 286 g/mol. The van der Waals surface area contributed by atoms with Crippen molar-refractivity contribution in [1.29, 1.82) is 0 Å². The van der Waals surface area contributed by atoms with E-state index in [0.717, 1.165) is 23.0 Å². The Morgan fingerprint density at radius 1 is 1.50 bits per heavy atom. The first kappa shape index (κ1) is 10.8. The molecule has 0 aliphatic carbocycles. The minimum Gasteiger partial charge on any atom is -0.288 e. The molecular formula is C12H12BrNOS. The number of carbonyl (C=O) groups excluding carboxylic acids is 1. The van der Waals surface area contributed by atoms with E-state index in [1.807, 2.05) is 12.1 Å². The van der Waals surface area contributed by atoms with Gasteiger partial charge in [-0.3, -0.25) is 9.69 Å². The van der Waals surface area contributed by atoms with Crippen LogP contribution in [0.5, 0.6) is 0 Å². The number of likely N-dealkylation sites (tertiary alicyclic amines) is 1. The number of hydrogen-bond acceptors (Lipinski definition) is 3. The number of halogens is 1. The monoisotopic (exact) mass is 297 g/mol. The molecule has 2 nitrogen and oxygen atoms in total. The van der Waals surface area contributed by atoms with Gasteiger partial charge in [0.15, 0.2) is 0 Å². The highest BCUT2D eigenvalue weighted by Crippen LogP contribution is 2.54. The third kappa shape index (κ3) is 1.33. The summed E-state index contributed by atoms with van der Waals surface area (Å²) < 4.78 is 0.984. The quantitative estimate of drug-likeness (QED) is 0.733. The smallest absolute Gasteiger partial charge is 0.221 e. The third-order valence-electron chi connectivity index (χ3n) is 3.51. The lowest BCUT2D eigenvalue weighted by Crippen LogP contribution is -2.33. The molecule has 0 radical (unpaired) electrons. The summed E-state index contributed by atoms with van der Waals surface area (Å²) in [5.74, 6) is 0. The maximum Gasteiger partial charge on any atom is 0.221 e. The van der Waals surface area contributed by atoms with Gasteiger partial charge in [0.2, 0.25) is 5.12 Å². The number of thioether (sulfide) groups is 1. The van der Waals surface area contributed by atoms with Gasteiger partial charge in [0, 0.05) is 10.0 Å².